The quantitative estimate of drug-likeness (QED) is 0.829. The first-order valence-electron chi connectivity index (χ1n) is 3.29. The average molecular weight is 231 g/mol. The number of hydrogen-bond donors (Lipinski definition) is 1. The first kappa shape index (κ1) is 9.12. The fourth-order valence-corrected chi connectivity index (χ4v) is 0.912. The maximum absolute atomic E-state index is 10.3. The first-order chi connectivity index (χ1) is 5.59. The minimum absolute atomic E-state index is 0.131. The van der Waals surface area contributed by atoms with Crippen molar-refractivity contribution in [3.05, 3.63) is 22.2 Å². The predicted octanol–water partition coefficient (Wildman–Crippen LogP) is 1.17. The lowest BCUT2D eigenvalue weighted by Crippen LogP contribution is -2.05. The Bertz CT molecular complexity index is 314. The van der Waals surface area contributed by atoms with Crippen LogP contribution in [0.5, 0.6) is 0 Å². The molecule has 0 spiro atoms. The van der Waals surface area contributed by atoms with Gasteiger partial charge in [-0.25, -0.2) is 9.97 Å². The van der Waals surface area contributed by atoms with E-state index in [9.17, 15) is 4.79 Å². The van der Waals surface area contributed by atoms with E-state index in [0.717, 1.165) is 10.2 Å². The van der Waals surface area contributed by atoms with Crippen molar-refractivity contribution in [1.29, 1.82) is 0 Å². The van der Waals surface area contributed by atoms with Crippen molar-refractivity contribution >= 4 is 21.9 Å². The Balaban J connectivity index is 2.89. The number of rotatable bonds is 2. The molecule has 0 fully saturated rings. The van der Waals surface area contributed by atoms with Crippen LogP contribution in [-0.2, 0) is 11.2 Å². The first-order valence-corrected chi connectivity index (χ1v) is 4.08. The van der Waals surface area contributed by atoms with Crippen molar-refractivity contribution in [2.24, 2.45) is 0 Å². The molecular weight excluding hydrogens is 224 g/mol. The molecule has 0 aliphatic rings. The summed E-state index contributed by atoms with van der Waals surface area (Å²) in [6.07, 6.45) is 1.43. The van der Waals surface area contributed by atoms with Gasteiger partial charge in [0.05, 0.1) is 10.2 Å². The zero-order chi connectivity index (χ0) is 9.14. The van der Waals surface area contributed by atoms with E-state index in [4.69, 9.17) is 5.11 Å². The monoisotopic (exact) mass is 230 g/mol. The normalized spacial score (nSPS) is 9.83. The molecule has 1 aromatic rings. The summed E-state index contributed by atoms with van der Waals surface area (Å²) in [6, 6.07) is 0. The van der Waals surface area contributed by atoms with Crippen LogP contribution < -0.4 is 0 Å². The SMILES string of the molecule is Cc1nc(CC(=O)O)ncc1Br. The van der Waals surface area contributed by atoms with Crippen LogP contribution in [0.3, 0.4) is 0 Å². The van der Waals surface area contributed by atoms with Gasteiger partial charge in [0.15, 0.2) is 0 Å². The average Bonchev–Trinajstić information content (AvgIpc) is 1.96. The largest absolute Gasteiger partial charge is 0.481 e. The van der Waals surface area contributed by atoms with Crippen LogP contribution in [-0.4, -0.2) is 21.0 Å². The number of hydrogen-bond acceptors (Lipinski definition) is 3. The van der Waals surface area contributed by atoms with Crippen molar-refractivity contribution in [1.82, 2.24) is 9.97 Å². The Morgan fingerprint density at radius 3 is 2.92 bits per heavy atom. The van der Waals surface area contributed by atoms with E-state index in [2.05, 4.69) is 25.9 Å². The van der Waals surface area contributed by atoms with Crippen LogP contribution in [0, 0.1) is 6.92 Å². The number of carbonyl (C=O) groups is 1. The molecule has 0 radical (unpaired) electrons. The van der Waals surface area contributed by atoms with Gasteiger partial charge in [-0.3, -0.25) is 4.79 Å². The van der Waals surface area contributed by atoms with Gasteiger partial charge < -0.3 is 5.11 Å². The fourth-order valence-electron chi connectivity index (χ4n) is 0.721. The molecular formula is C7H7BrN2O2. The standard InChI is InChI=1S/C7H7BrN2O2/c1-4-5(8)3-9-6(10-4)2-7(11)12/h3H,2H2,1H3,(H,11,12). The van der Waals surface area contributed by atoms with Gasteiger partial charge in [0.2, 0.25) is 0 Å². The minimum atomic E-state index is -0.920. The van der Waals surface area contributed by atoms with Crippen molar-refractivity contribution < 1.29 is 9.90 Å². The molecule has 1 rings (SSSR count). The van der Waals surface area contributed by atoms with Gasteiger partial charge in [-0.15, -0.1) is 0 Å². The molecule has 1 heterocycles. The van der Waals surface area contributed by atoms with E-state index >= 15 is 0 Å². The number of carboxylic acids is 1. The summed E-state index contributed by atoms with van der Waals surface area (Å²) in [5, 5.41) is 8.44. The molecule has 0 aliphatic carbocycles. The van der Waals surface area contributed by atoms with Crippen molar-refractivity contribution in [2.45, 2.75) is 13.3 Å². The maximum Gasteiger partial charge on any atom is 0.311 e. The molecule has 0 bridgehead atoms. The highest BCUT2D eigenvalue weighted by Gasteiger charge is 2.04. The highest BCUT2D eigenvalue weighted by Crippen LogP contribution is 2.11. The summed E-state index contributed by atoms with van der Waals surface area (Å²) in [7, 11) is 0. The van der Waals surface area contributed by atoms with Gasteiger partial charge in [-0.1, -0.05) is 0 Å². The van der Waals surface area contributed by atoms with Crippen molar-refractivity contribution in [3.63, 3.8) is 0 Å². The molecule has 0 aromatic carbocycles. The van der Waals surface area contributed by atoms with Gasteiger partial charge >= 0.3 is 5.97 Å². The Labute approximate surface area is 77.8 Å². The summed E-state index contributed by atoms with van der Waals surface area (Å²) in [4.78, 5) is 18.1. The van der Waals surface area contributed by atoms with Crippen LogP contribution in [0.2, 0.25) is 0 Å². The summed E-state index contributed by atoms with van der Waals surface area (Å²) in [5.41, 5.74) is 0.751. The molecule has 1 N–H and O–H groups in total. The van der Waals surface area contributed by atoms with E-state index in [1.807, 2.05) is 0 Å². The third-order valence-electron chi connectivity index (χ3n) is 1.28. The van der Waals surface area contributed by atoms with E-state index in [1.54, 1.807) is 13.1 Å². The molecule has 0 unspecified atom stereocenters. The molecule has 0 saturated carbocycles. The van der Waals surface area contributed by atoms with Crippen LogP contribution in [0.15, 0.2) is 10.7 Å². The molecule has 1 aromatic heterocycles. The summed E-state index contributed by atoms with van der Waals surface area (Å²) in [5.74, 6) is -0.583. The molecule has 12 heavy (non-hydrogen) atoms. The lowest BCUT2D eigenvalue weighted by atomic mass is 10.4. The van der Waals surface area contributed by atoms with Gasteiger partial charge in [0, 0.05) is 6.20 Å². The Morgan fingerprint density at radius 1 is 1.75 bits per heavy atom. The van der Waals surface area contributed by atoms with E-state index in [0.29, 0.717) is 5.82 Å². The fraction of sp³-hybridized carbons (Fsp3) is 0.286. The van der Waals surface area contributed by atoms with E-state index < -0.39 is 5.97 Å². The summed E-state index contributed by atoms with van der Waals surface area (Å²) < 4.78 is 0.789. The number of halogens is 1. The second-order valence-corrected chi connectivity index (χ2v) is 3.14. The lowest BCUT2D eigenvalue weighted by molar-refractivity contribution is -0.136. The summed E-state index contributed by atoms with van der Waals surface area (Å²) >= 11 is 3.22. The molecule has 0 aliphatic heterocycles. The van der Waals surface area contributed by atoms with Crippen LogP contribution in [0.4, 0.5) is 0 Å². The minimum Gasteiger partial charge on any atom is -0.481 e. The molecule has 0 amide bonds. The van der Waals surface area contributed by atoms with Crippen LogP contribution in [0.1, 0.15) is 11.5 Å². The molecule has 0 atom stereocenters. The molecule has 5 heteroatoms. The second kappa shape index (κ2) is 3.62. The van der Waals surface area contributed by atoms with Gasteiger partial charge in [0.1, 0.15) is 12.2 Å². The Morgan fingerprint density at radius 2 is 2.42 bits per heavy atom. The highest BCUT2D eigenvalue weighted by atomic mass is 79.9. The topological polar surface area (TPSA) is 63.1 Å². The van der Waals surface area contributed by atoms with Crippen LogP contribution >= 0.6 is 15.9 Å². The number of aromatic nitrogens is 2. The van der Waals surface area contributed by atoms with Gasteiger partial charge in [-0.05, 0) is 22.9 Å². The number of aliphatic carboxylic acids is 1. The zero-order valence-corrected chi connectivity index (χ0v) is 8.00. The maximum atomic E-state index is 10.3. The van der Waals surface area contributed by atoms with Crippen LogP contribution in [0.25, 0.3) is 0 Å². The summed E-state index contributed by atoms with van der Waals surface area (Å²) in [6.45, 7) is 1.79. The number of aryl methyl sites for hydroxylation is 1. The third kappa shape index (κ3) is 2.27. The Kier molecular flexibility index (Phi) is 2.75. The smallest absolute Gasteiger partial charge is 0.311 e. The Hall–Kier alpha value is -0.970. The van der Waals surface area contributed by atoms with Crippen molar-refractivity contribution in [3.8, 4) is 0 Å². The molecule has 64 valence electrons. The second-order valence-electron chi connectivity index (χ2n) is 2.29. The zero-order valence-electron chi connectivity index (χ0n) is 6.41. The number of nitrogens with zero attached hydrogens (tertiary/aromatic N) is 2. The lowest BCUT2D eigenvalue weighted by Gasteiger charge is -1.98. The van der Waals surface area contributed by atoms with Crippen molar-refractivity contribution in [2.75, 3.05) is 0 Å². The predicted molar refractivity (Wildman–Crippen MR) is 45.8 cm³/mol. The number of carboxylic acid groups (broad SMARTS) is 1. The molecule has 4 nitrogen and oxygen atoms in total. The highest BCUT2D eigenvalue weighted by molar-refractivity contribution is 9.10. The molecule has 0 saturated heterocycles. The third-order valence-corrected chi connectivity index (χ3v) is 2.06. The van der Waals surface area contributed by atoms with Gasteiger partial charge in [0.25, 0.3) is 0 Å². The van der Waals surface area contributed by atoms with Gasteiger partial charge in [-0.2, -0.15) is 0 Å². The van der Waals surface area contributed by atoms with E-state index in [-0.39, 0.29) is 6.42 Å². The van der Waals surface area contributed by atoms with E-state index in [1.165, 1.54) is 0 Å².